The summed E-state index contributed by atoms with van der Waals surface area (Å²) in [5.41, 5.74) is 0. The van der Waals surface area contributed by atoms with Crippen molar-refractivity contribution >= 4 is 33.7 Å². The fraction of sp³-hybridized carbons (Fsp3) is 0.462. The predicted molar refractivity (Wildman–Crippen MR) is 75.7 cm³/mol. The van der Waals surface area contributed by atoms with Gasteiger partial charge in [-0.25, -0.2) is 4.79 Å². The fourth-order valence-corrected chi connectivity index (χ4v) is 2.24. The van der Waals surface area contributed by atoms with Crippen LogP contribution in [0.2, 0.25) is 0 Å². The molecule has 1 heterocycles. The Morgan fingerprint density at radius 2 is 2.14 bits per heavy atom. The SMILES string of the molecule is CN(CC(=O)NC(C(=O)O)C1CC1)C(=O)c1ccc(Br)o1. The van der Waals surface area contributed by atoms with Crippen molar-refractivity contribution in [1.82, 2.24) is 10.2 Å². The molecule has 2 N–H and O–H groups in total. The van der Waals surface area contributed by atoms with Gasteiger partial charge in [-0.2, -0.15) is 0 Å². The number of likely N-dealkylation sites (N-methyl/N-ethyl adjacent to an activating group) is 1. The number of carboxylic acid groups (broad SMARTS) is 1. The van der Waals surface area contributed by atoms with Crippen LogP contribution < -0.4 is 5.32 Å². The highest BCUT2D eigenvalue weighted by Gasteiger charge is 2.37. The Morgan fingerprint density at radius 3 is 2.62 bits per heavy atom. The summed E-state index contributed by atoms with van der Waals surface area (Å²) < 4.78 is 5.53. The number of hydrogen-bond acceptors (Lipinski definition) is 4. The molecule has 1 aliphatic carbocycles. The molecule has 1 aromatic heterocycles. The molecule has 0 saturated heterocycles. The minimum Gasteiger partial charge on any atom is -0.480 e. The summed E-state index contributed by atoms with van der Waals surface area (Å²) in [4.78, 5) is 36.0. The fourth-order valence-electron chi connectivity index (χ4n) is 1.93. The molecule has 1 unspecified atom stereocenters. The predicted octanol–water partition coefficient (Wildman–Crippen LogP) is 1.09. The van der Waals surface area contributed by atoms with Crippen molar-refractivity contribution in [2.24, 2.45) is 5.92 Å². The molecule has 0 spiro atoms. The first-order chi connectivity index (χ1) is 9.88. The maximum absolute atomic E-state index is 12.0. The Balaban J connectivity index is 1.89. The van der Waals surface area contributed by atoms with E-state index < -0.39 is 23.8 Å². The van der Waals surface area contributed by atoms with E-state index in [0.717, 1.165) is 12.8 Å². The molecule has 0 radical (unpaired) electrons. The van der Waals surface area contributed by atoms with Crippen molar-refractivity contribution in [2.75, 3.05) is 13.6 Å². The second-order valence-electron chi connectivity index (χ2n) is 4.99. The van der Waals surface area contributed by atoms with Gasteiger partial charge in [0.05, 0.1) is 6.54 Å². The van der Waals surface area contributed by atoms with Crippen LogP contribution in [0, 0.1) is 5.92 Å². The van der Waals surface area contributed by atoms with Crippen LogP contribution in [0.25, 0.3) is 0 Å². The minimum atomic E-state index is -1.05. The quantitative estimate of drug-likeness (QED) is 0.792. The van der Waals surface area contributed by atoms with E-state index in [4.69, 9.17) is 9.52 Å². The standard InChI is InChI=1S/C13H15BrN2O5/c1-16(12(18)8-4-5-9(14)21-8)6-10(17)15-11(13(19)20)7-2-3-7/h4-5,7,11H,2-3,6H2,1H3,(H,15,17)(H,19,20). The van der Waals surface area contributed by atoms with E-state index in [1.807, 2.05) is 0 Å². The van der Waals surface area contributed by atoms with E-state index in [1.165, 1.54) is 18.0 Å². The number of furan rings is 1. The van der Waals surface area contributed by atoms with Crippen LogP contribution in [0.4, 0.5) is 0 Å². The number of amides is 2. The van der Waals surface area contributed by atoms with E-state index in [-0.39, 0.29) is 18.2 Å². The van der Waals surface area contributed by atoms with Crippen molar-refractivity contribution in [3.8, 4) is 0 Å². The van der Waals surface area contributed by atoms with Crippen molar-refractivity contribution in [3.05, 3.63) is 22.6 Å². The van der Waals surface area contributed by atoms with Crippen LogP contribution in [0.3, 0.4) is 0 Å². The lowest BCUT2D eigenvalue weighted by Gasteiger charge is -2.18. The van der Waals surface area contributed by atoms with E-state index >= 15 is 0 Å². The van der Waals surface area contributed by atoms with Crippen molar-refractivity contribution in [2.45, 2.75) is 18.9 Å². The van der Waals surface area contributed by atoms with Crippen LogP contribution in [-0.4, -0.2) is 47.4 Å². The first-order valence-corrected chi connectivity index (χ1v) is 7.20. The minimum absolute atomic E-state index is 0.00603. The molecular formula is C13H15BrN2O5. The topological polar surface area (TPSA) is 99.9 Å². The monoisotopic (exact) mass is 358 g/mol. The largest absolute Gasteiger partial charge is 0.480 e. The van der Waals surface area contributed by atoms with Gasteiger partial charge in [0.2, 0.25) is 5.91 Å². The highest BCUT2D eigenvalue weighted by atomic mass is 79.9. The number of aliphatic carboxylic acids is 1. The van der Waals surface area contributed by atoms with E-state index in [1.54, 1.807) is 6.07 Å². The van der Waals surface area contributed by atoms with Gasteiger partial charge < -0.3 is 19.7 Å². The number of carbonyl (C=O) groups excluding carboxylic acids is 2. The molecule has 0 aliphatic heterocycles. The molecule has 114 valence electrons. The van der Waals surface area contributed by atoms with Crippen LogP contribution in [0.1, 0.15) is 23.4 Å². The van der Waals surface area contributed by atoms with Crippen LogP contribution in [0.5, 0.6) is 0 Å². The molecule has 1 saturated carbocycles. The van der Waals surface area contributed by atoms with E-state index in [9.17, 15) is 14.4 Å². The van der Waals surface area contributed by atoms with Crippen LogP contribution >= 0.6 is 15.9 Å². The van der Waals surface area contributed by atoms with E-state index in [2.05, 4.69) is 21.2 Å². The van der Waals surface area contributed by atoms with Crippen molar-refractivity contribution < 1.29 is 23.9 Å². The van der Waals surface area contributed by atoms with Gasteiger partial charge in [-0.15, -0.1) is 0 Å². The molecule has 8 heteroatoms. The smallest absolute Gasteiger partial charge is 0.326 e. The second-order valence-corrected chi connectivity index (χ2v) is 5.77. The van der Waals surface area contributed by atoms with Gasteiger partial charge in [-0.05, 0) is 46.8 Å². The van der Waals surface area contributed by atoms with Crippen molar-refractivity contribution in [3.63, 3.8) is 0 Å². The molecule has 1 aliphatic rings. The number of nitrogens with one attached hydrogen (secondary N) is 1. The zero-order chi connectivity index (χ0) is 15.6. The van der Waals surface area contributed by atoms with E-state index in [0.29, 0.717) is 4.67 Å². The molecule has 0 aromatic carbocycles. The number of carbonyl (C=O) groups is 3. The molecule has 2 amide bonds. The molecular weight excluding hydrogens is 344 g/mol. The first kappa shape index (κ1) is 15.6. The number of rotatable bonds is 6. The molecule has 1 atom stereocenters. The first-order valence-electron chi connectivity index (χ1n) is 6.41. The van der Waals surface area contributed by atoms with Crippen LogP contribution in [0.15, 0.2) is 21.2 Å². The maximum Gasteiger partial charge on any atom is 0.326 e. The maximum atomic E-state index is 12.0. The lowest BCUT2D eigenvalue weighted by Crippen LogP contribution is -2.47. The summed E-state index contributed by atoms with van der Waals surface area (Å²) in [6.07, 6.45) is 1.60. The summed E-state index contributed by atoms with van der Waals surface area (Å²) in [6.45, 7) is -0.229. The highest BCUT2D eigenvalue weighted by Crippen LogP contribution is 2.32. The zero-order valence-corrected chi connectivity index (χ0v) is 12.9. The number of nitrogens with zero attached hydrogens (tertiary/aromatic N) is 1. The van der Waals surface area contributed by atoms with Gasteiger partial charge in [0.1, 0.15) is 6.04 Å². The Hall–Kier alpha value is -1.83. The normalized spacial score (nSPS) is 15.3. The third-order valence-corrected chi connectivity index (χ3v) is 3.61. The van der Waals surface area contributed by atoms with Gasteiger partial charge >= 0.3 is 5.97 Å². The molecule has 0 bridgehead atoms. The van der Waals surface area contributed by atoms with Crippen molar-refractivity contribution in [1.29, 1.82) is 0 Å². The number of hydrogen-bond donors (Lipinski definition) is 2. The molecule has 7 nitrogen and oxygen atoms in total. The highest BCUT2D eigenvalue weighted by molar-refractivity contribution is 9.10. The molecule has 1 fully saturated rings. The molecule has 21 heavy (non-hydrogen) atoms. The lowest BCUT2D eigenvalue weighted by molar-refractivity contribution is -0.142. The number of carboxylic acids is 1. The van der Waals surface area contributed by atoms with Gasteiger partial charge in [0.15, 0.2) is 10.4 Å². The summed E-state index contributed by atoms with van der Waals surface area (Å²) in [5, 5.41) is 11.5. The Morgan fingerprint density at radius 1 is 1.48 bits per heavy atom. The van der Waals surface area contributed by atoms with Gasteiger partial charge in [0.25, 0.3) is 5.91 Å². The zero-order valence-electron chi connectivity index (χ0n) is 11.3. The average Bonchev–Trinajstić information content (AvgIpc) is 3.16. The van der Waals surface area contributed by atoms with Gasteiger partial charge in [-0.1, -0.05) is 0 Å². The third-order valence-electron chi connectivity index (χ3n) is 3.19. The van der Waals surface area contributed by atoms with Gasteiger partial charge in [-0.3, -0.25) is 9.59 Å². The average molecular weight is 359 g/mol. The summed E-state index contributed by atoms with van der Waals surface area (Å²) >= 11 is 3.09. The Kier molecular flexibility index (Phi) is 4.66. The molecule has 2 rings (SSSR count). The lowest BCUT2D eigenvalue weighted by atomic mass is 10.2. The third kappa shape index (κ3) is 4.07. The Labute approximate surface area is 129 Å². The number of halogens is 1. The Bertz CT molecular complexity index is 567. The summed E-state index contributed by atoms with van der Waals surface area (Å²) in [6, 6.07) is 2.19. The van der Waals surface area contributed by atoms with Gasteiger partial charge in [0, 0.05) is 7.05 Å². The van der Waals surface area contributed by atoms with Crippen LogP contribution in [-0.2, 0) is 9.59 Å². The molecule has 1 aromatic rings. The summed E-state index contributed by atoms with van der Waals surface area (Å²) in [7, 11) is 1.45. The second kappa shape index (κ2) is 6.30. The summed E-state index contributed by atoms with van der Waals surface area (Å²) in [5.74, 6) is -1.90.